The second kappa shape index (κ2) is 11.8. The van der Waals surface area contributed by atoms with Crippen LogP contribution in [0.3, 0.4) is 0 Å². The molecule has 0 atom stereocenters. The summed E-state index contributed by atoms with van der Waals surface area (Å²) in [5.41, 5.74) is -0.000611. The molecule has 0 fully saturated rings. The number of fused-ring (bicyclic) bond motifs is 1. The van der Waals surface area contributed by atoms with Crippen molar-refractivity contribution in [3.8, 4) is 5.75 Å². The van der Waals surface area contributed by atoms with Crippen LogP contribution in [0.4, 0.5) is 11.4 Å². The number of esters is 2. The Bertz CT molecular complexity index is 1550. The summed E-state index contributed by atoms with van der Waals surface area (Å²) in [6.45, 7) is 5.70. The fourth-order valence-electron chi connectivity index (χ4n) is 4.33. The molecule has 41 heavy (non-hydrogen) atoms. The summed E-state index contributed by atoms with van der Waals surface area (Å²) in [7, 11) is 2.42. The Morgan fingerprint density at radius 3 is 2.20 bits per heavy atom. The van der Waals surface area contributed by atoms with Crippen molar-refractivity contribution in [1.82, 2.24) is 0 Å². The molecular weight excluding hydrogens is 612 g/mol. The molecule has 0 aliphatic carbocycles. The molecule has 0 saturated carbocycles. The maximum absolute atomic E-state index is 14.0. The Morgan fingerprint density at radius 1 is 1.05 bits per heavy atom. The normalized spacial score (nSPS) is 16.0. The van der Waals surface area contributed by atoms with E-state index in [1.165, 1.54) is 31.3 Å². The number of hydrogen-bond acceptors (Lipinski definition) is 11. The first-order valence-electron chi connectivity index (χ1n) is 12.0. The Balaban J connectivity index is 1.94. The van der Waals surface area contributed by atoms with E-state index in [1.54, 1.807) is 32.0 Å². The highest BCUT2D eigenvalue weighted by atomic mass is 35.5. The quantitative estimate of drug-likeness (QED) is 0.119. The minimum Gasteiger partial charge on any atom is -0.494 e. The molecule has 2 aliphatic heterocycles. The SMILES string of the molecule is CCOc1ccc2c(c1)C(=C1SC(C(=O)OC)=C(C(=O)OC)S1)C(=S)C(C)(C)N2C(=O)c1ccc(Cl)c([N+](=O)[O-])c1. The maximum Gasteiger partial charge on any atom is 0.346 e. The number of halogens is 1. The number of nitrogens with zero attached hydrogens (tertiary/aromatic N) is 2. The zero-order valence-electron chi connectivity index (χ0n) is 22.4. The summed E-state index contributed by atoms with van der Waals surface area (Å²) in [5, 5.41) is 11.4. The van der Waals surface area contributed by atoms with Gasteiger partial charge in [0.2, 0.25) is 0 Å². The molecule has 0 bridgehead atoms. The molecule has 0 aromatic heterocycles. The zero-order valence-corrected chi connectivity index (χ0v) is 25.6. The van der Waals surface area contributed by atoms with Crippen molar-refractivity contribution in [2.75, 3.05) is 25.7 Å². The maximum atomic E-state index is 14.0. The smallest absolute Gasteiger partial charge is 0.346 e. The van der Waals surface area contributed by atoms with E-state index in [-0.39, 0.29) is 20.4 Å². The number of benzene rings is 2. The highest BCUT2D eigenvalue weighted by Crippen LogP contribution is 2.56. The van der Waals surface area contributed by atoms with Crippen molar-refractivity contribution in [3.63, 3.8) is 0 Å². The highest BCUT2D eigenvalue weighted by molar-refractivity contribution is 8.29. The van der Waals surface area contributed by atoms with Crippen LogP contribution in [0.15, 0.2) is 50.4 Å². The lowest BCUT2D eigenvalue weighted by molar-refractivity contribution is -0.384. The van der Waals surface area contributed by atoms with Gasteiger partial charge in [-0.05, 0) is 51.1 Å². The van der Waals surface area contributed by atoms with Crippen molar-refractivity contribution in [2.45, 2.75) is 26.3 Å². The highest BCUT2D eigenvalue weighted by Gasteiger charge is 2.46. The van der Waals surface area contributed by atoms with Crippen molar-refractivity contribution >= 4 is 87.0 Å². The average Bonchev–Trinajstić information content (AvgIpc) is 3.38. The van der Waals surface area contributed by atoms with Crippen LogP contribution in [0.5, 0.6) is 5.75 Å². The van der Waals surface area contributed by atoms with Gasteiger partial charge in [-0.2, -0.15) is 0 Å². The minimum absolute atomic E-state index is 0.0418. The number of thioether (sulfide) groups is 2. The van der Waals surface area contributed by atoms with Crippen LogP contribution < -0.4 is 9.64 Å². The van der Waals surface area contributed by atoms with Crippen LogP contribution in [0.1, 0.15) is 36.7 Å². The Labute approximate surface area is 254 Å². The molecule has 2 aliphatic rings. The van der Waals surface area contributed by atoms with Crippen molar-refractivity contribution < 1.29 is 33.5 Å². The third-order valence-electron chi connectivity index (χ3n) is 6.27. The lowest BCUT2D eigenvalue weighted by Crippen LogP contribution is -2.56. The number of ether oxygens (including phenoxy) is 3. The first kappa shape index (κ1) is 30.6. The molecule has 14 heteroatoms. The number of methoxy groups -OCH3 is 2. The van der Waals surface area contributed by atoms with Crippen molar-refractivity contribution in [3.05, 3.63) is 76.7 Å². The number of amides is 1. The van der Waals surface area contributed by atoms with Crippen molar-refractivity contribution in [1.29, 1.82) is 0 Å². The second-order valence-electron chi connectivity index (χ2n) is 9.07. The third-order valence-corrected chi connectivity index (χ3v) is 9.85. The fraction of sp³-hybridized carbons (Fsp3) is 0.259. The van der Waals surface area contributed by atoms with Gasteiger partial charge in [-0.25, -0.2) is 9.59 Å². The summed E-state index contributed by atoms with van der Waals surface area (Å²) in [5.74, 6) is -1.45. The molecular formula is C27H23ClN2O8S3. The molecule has 0 radical (unpaired) electrons. The Morgan fingerprint density at radius 2 is 1.66 bits per heavy atom. The van der Waals surface area contributed by atoms with Crippen LogP contribution in [0, 0.1) is 10.1 Å². The lowest BCUT2D eigenvalue weighted by atomic mass is 9.82. The summed E-state index contributed by atoms with van der Waals surface area (Å²) in [6.07, 6.45) is 0. The predicted molar refractivity (Wildman–Crippen MR) is 162 cm³/mol. The van der Waals surface area contributed by atoms with E-state index in [4.69, 9.17) is 38.0 Å². The van der Waals surface area contributed by atoms with E-state index in [0.717, 1.165) is 29.6 Å². The van der Waals surface area contributed by atoms with Gasteiger partial charge < -0.3 is 14.2 Å². The van der Waals surface area contributed by atoms with E-state index >= 15 is 0 Å². The van der Waals surface area contributed by atoms with E-state index in [9.17, 15) is 24.5 Å². The van der Waals surface area contributed by atoms with Crippen LogP contribution in [-0.4, -0.2) is 54.0 Å². The standard InChI is InChI=1S/C27H23ClN2O8S3/c1-6-38-14-8-10-17-15(12-14)19(26-40-20(24(32)36-4)21(41-26)25(33)37-5)22(39)27(2,3)29(17)23(31)13-7-9-16(28)18(11-13)30(34)35/h7-12H,6H2,1-5H3. The molecule has 2 aromatic carbocycles. The topological polar surface area (TPSA) is 125 Å². The van der Waals surface area contributed by atoms with E-state index < -0.39 is 34.0 Å². The number of nitro benzene ring substituents is 1. The summed E-state index contributed by atoms with van der Waals surface area (Å²) in [6, 6.07) is 8.97. The van der Waals surface area contributed by atoms with Gasteiger partial charge >= 0.3 is 11.9 Å². The number of carbonyl (C=O) groups excluding carboxylic acids is 3. The van der Waals surface area contributed by atoms with Crippen LogP contribution in [0.2, 0.25) is 5.02 Å². The fourth-order valence-corrected chi connectivity index (χ4v) is 7.55. The third kappa shape index (κ3) is 5.46. The van der Waals surface area contributed by atoms with Gasteiger partial charge in [-0.1, -0.05) is 47.3 Å². The van der Waals surface area contributed by atoms with E-state index in [0.29, 0.717) is 38.3 Å². The lowest BCUT2D eigenvalue weighted by Gasteiger charge is -2.45. The van der Waals surface area contributed by atoms with Gasteiger partial charge in [0.05, 0.1) is 46.1 Å². The summed E-state index contributed by atoms with van der Waals surface area (Å²) < 4.78 is 16.0. The molecule has 4 rings (SSSR count). The van der Waals surface area contributed by atoms with Gasteiger partial charge in [0.25, 0.3) is 11.6 Å². The number of thiocarbonyl (C=S) groups is 1. The van der Waals surface area contributed by atoms with Gasteiger partial charge in [0.1, 0.15) is 20.6 Å². The van der Waals surface area contributed by atoms with Crippen LogP contribution in [-0.2, 0) is 19.1 Å². The Kier molecular flexibility index (Phi) is 8.83. The Hall–Kier alpha value is -3.39. The van der Waals surface area contributed by atoms with Gasteiger partial charge in [0.15, 0.2) is 0 Å². The monoisotopic (exact) mass is 634 g/mol. The predicted octanol–water partition coefficient (Wildman–Crippen LogP) is 6.16. The molecule has 0 unspecified atom stereocenters. The summed E-state index contributed by atoms with van der Waals surface area (Å²) in [4.78, 5) is 51.9. The number of anilines is 1. The minimum atomic E-state index is -1.14. The van der Waals surface area contributed by atoms with E-state index in [2.05, 4.69) is 0 Å². The number of hydrogen-bond donors (Lipinski definition) is 0. The van der Waals surface area contributed by atoms with Gasteiger partial charge in [-0.3, -0.25) is 19.8 Å². The average molecular weight is 635 g/mol. The van der Waals surface area contributed by atoms with Gasteiger partial charge in [0, 0.05) is 22.8 Å². The van der Waals surface area contributed by atoms with Crippen molar-refractivity contribution in [2.24, 2.45) is 0 Å². The molecule has 2 heterocycles. The number of rotatable bonds is 6. The number of carbonyl (C=O) groups is 3. The molecule has 10 nitrogen and oxygen atoms in total. The molecule has 214 valence electrons. The largest absolute Gasteiger partial charge is 0.494 e. The molecule has 0 saturated heterocycles. The molecule has 2 aromatic rings. The van der Waals surface area contributed by atoms with Crippen LogP contribution in [0.25, 0.3) is 5.57 Å². The second-order valence-corrected chi connectivity index (χ2v) is 12.2. The van der Waals surface area contributed by atoms with Gasteiger partial charge in [-0.15, -0.1) is 0 Å². The zero-order chi connectivity index (χ0) is 30.2. The first-order valence-corrected chi connectivity index (χ1v) is 14.4. The first-order chi connectivity index (χ1) is 19.4. The summed E-state index contributed by atoms with van der Waals surface area (Å²) >= 11 is 14.0. The molecule has 0 N–H and O–H groups in total. The number of nitro groups is 1. The van der Waals surface area contributed by atoms with E-state index in [1.807, 2.05) is 6.92 Å². The van der Waals surface area contributed by atoms with Crippen LogP contribution >= 0.6 is 47.3 Å². The molecule has 1 amide bonds. The molecule has 0 spiro atoms.